The van der Waals surface area contributed by atoms with E-state index in [0.29, 0.717) is 18.6 Å². The third-order valence-electron chi connectivity index (χ3n) is 2.80. The molecular weight excluding hydrogens is 256 g/mol. The van der Waals surface area contributed by atoms with Crippen molar-refractivity contribution in [3.63, 3.8) is 0 Å². The summed E-state index contributed by atoms with van der Waals surface area (Å²) in [5.74, 6) is 2.87. The first-order valence-electron chi connectivity index (χ1n) is 5.18. The molecule has 1 aliphatic rings. The Balaban J connectivity index is 2.28. The molecule has 0 bridgehead atoms. The predicted octanol–water partition coefficient (Wildman–Crippen LogP) is 3.55. The maximum atomic E-state index is 5.38. The van der Waals surface area contributed by atoms with Crippen LogP contribution in [0.2, 0.25) is 0 Å². The van der Waals surface area contributed by atoms with Crippen LogP contribution >= 0.6 is 15.9 Å². The number of ether oxygens (including phenoxy) is 2. The molecule has 3 heteroatoms. The summed E-state index contributed by atoms with van der Waals surface area (Å²) in [6, 6.07) is 6.21. The van der Waals surface area contributed by atoms with Crippen LogP contribution in [0.5, 0.6) is 11.5 Å². The van der Waals surface area contributed by atoms with E-state index in [0.717, 1.165) is 16.8 Å². The number of alkyl halides is 1. The number of fused-ring (bicyclic) bond motifs is 1. The third-order valence-corrected chi connectivity index (χ3v) is 3.49. The van der Waals surface area contributed by atoms with E-state index >= 15 is 0 Å². The minimum absolute atomic E-state index is 0.347. The van der Waals surface area contributed by atoms with Crippen molar-refractivity contribution in [1.82, 2.24) is 0 Å². The van der Waals surface area contributed by atoms with E-state index < -0.39 is 0 Å². The van der Waals surface area contributed by atoms with Crippen molar-refractivity contribution >= 4 is 15.9 Å². The van der Waals surface area contributed by atoms with E-state index in [2.05, 4.69) is 41.9 Å². The van der Waals surface area contributed by atoms with Gasteiger partial charge in [-0.3, -0.25) is 0 Å². The molecule has 15 heavy (non-hydrogen) atoms. The number of hydrogen-bond donors (Lipinski definition) is 0. The van der Waals surface area contributed by atoms with Crippen molar-refractivity contribution in [2.75, 3.05) is 12.1 Å². The van der Waals surface area contributed by atoms with Crippen LogP contribution in [0.4, 0.5) is 0 Å². The van der Waals surface area contributed by atoms with Gasteiger partial charge in [0.2, 0.25) is 6.79 Å². The van der Waals surface area contributed by atoms with E-state index in [1.165, 1.54) is 5.56 Å². The lowest BCUT2D eigenvalue weighted by molar-refractivity contribution is 0.174. The SMILES string of the molecule is CC(C)C(CBr)c1ccc2c(c1)OCO2. The lowest BCUT2D eigenvalue weighted by Gasteiger charge is -2.18. The molecule has 0 N–H and O–H groups in total. The molecule has 0 radical (unpaired) electrons. The normalized spacial score (nSPS) is 15.7. The topological polar surface area (TPSA) is 18.5 Å². The highest BCUT2D eigenvalue weighted by atomic mass is 79.9. The van der Waals surface area contributed by atoms with Gasteiger partial charge in [0.15, 0.2) is 11.5 Å². The number of rotatable bonds is 3. The molecule has 1 atom stereocenters. The van der Waals surface area contributed by atoms with E-state index in [1.54, 1.807) is 0 Å². The Morgan fingerprint density at radius 1 is 1.27 bits per heavy atom. The zero-order chi connectivity index (χ0) is 10.8. The zero-order valence-electron chi connectivity index (χ0n) is 9.00. The van der Waals surface area contributed by atoms with Gasteiger partial charge in [0, 0.05) is 5.33 Å². The maximum absolute atomic E-state index is 5.38. The summed E-state index contributed by atoms with van der Waals surface area (Å²) in [5.41, 5.74) is 1.31. The summed E-state index contributed by atoms with van der Waals surface area (Å²) in [6.07, 6.45) is 0. The van der Waals surface area contributed by atoms with Gasteiger partial charge < -0.3 is 9.47 Å². The van der Waals surface area contributed by atoms with Crippen molar-refractivity contribution in [3.8, 4) is 11.5 Å². The minimum atomic E-state index is 0.347. The Hall–Kier alpha value is -0.700. The van der Waals surface area contributed by atoms with Crippen LogP contribution in [0.25, 0.3) is 0 Å². The highest BCUT2D eigenvalue weighted by Gasteiger charge is 2.19. The summed E-state index contributed by atoms with van der Waals surface area (Å²) in [7, 11) is 0. The Morgan fingerprint density at radius 2 is 2.00 bits per heavy atom. The highest BCUT2D eigenvalue weighted by molar-refractivity contribution is 9.09. The number of halogens is 1. The second kappa shape index (κ2) is 4.44. The quantitative estimate of drug-likeness (QED) is 0.783. The van der Waals surface area contributed by atoms with Gasteiger partial charge in [-0.05, 0) is 29.5 Å². The van der Waals surface area contributed by atoms with Crippen LogP contribution in [0, 0.1) is 5.92 Å². The lowest BCUT2D eigenvalue weighted by Crippen LogP contribution is -2.07. The van der Waals surface area contributed by atoms with Crippen LogP contribution in [0.15, 0.2) is 18.2 Å². The van der Waals surface area contributed by atoms with Crippen molar-refractivity contribution in [3.05, 3.63) is 23.8 Å². The molecular formula is C12H15BrO2. The van der Waals surface area contributed by atoms with Crippen LogP contribution in [0.1, 0.15) is 25.3 Å². The summed E-state index contributed by atoms with van der Waals surface area (Å²) >= 11 is 3.56. The molecule has 1 aliphatic heterocycles. The van der Waals surface area contributed by atoms with Crippen LogP contribution in [-0.2, 0) is 0 Å². The fourth-order valence-electron chi connectivity index (χ4n) is 1.80. The first kappa shape index (κ1) is 10.8. The molecule has 2 nitrogen and oxygen atoms in total. The smallest absolute Gasteiger partial charge is 0.231 e. The average Bonchev–Trinajstić information content (AvgIpc) is 2.65. The maximum Gasteiger partial charge on any atom is 0.231 e. The minimum Gasteiger partial charge on any atom is -0.454 e. The van der Waals surface area contributed by atoms with Gasteiger partial charge in [-0.15, -0.1) is 0 Å². The molecule has 1 unspecified atom stereocenters. The Kier molecular flexibility index (Phi) is 3.19. The second-order valence-electron chi connectivity index (χ2n) is 4.12. The van der Waals surface area contributed by atoms with Gasteiger partial charge in [0.25, 0.3) is 0 Å². The molecule has 1 aromatic carbocycles. The first-order valence-corrected chi connectivity index (χ1v) is 6.30. The molecule has 1 heterocycles. The Labute approximate surface area is 98.7 Å². The predicted molar refractivity (Wildman–Crippen MR) is 63.9 cm³/mol. The first-order chi connectivity index (χ1) is 7.22. The van der Waals surface area contributed by atoms with Gasteiger partial charge >= 0.3 is 0 Å². The highest BCUT2D eigenvalue weighted by Crippen LogP contribution is 2.36. The molecule has 82 valence electrons. The summed E-state index contributed by atoms with van der Waals surface area (Å²) < 4.78 is 10.7. The fraction of sp³-hybridized carbons (Fsp3) is 0.500. The van der Waals surface area contributed by atoms with Gasteiger partial charge in [-0.25, -0.2) is 0 Å². The molecule has 2 rings (SSSR count). The molecule has 0 aliphatic carbocycles. The van der Waals surface area contributed by atoms with E-state index in [9.17, 15) is 0 Å². The van der Waals surface area contributed by atoms with Crippen LogP contribution < -0.4 is 9.47 Å². The molecule has 0 saturated carbocycles. The van der Waals surface area contributed by atoms with E-state index in [-0.39, 0.29) is 0 Å². The molecule has 1 aromatic rings. The fourth-order valence-corrected chi connectivity index (χ4v) is 2.92. The number of benzene rings is 1. The summed E-state index contributed by atoms with van der Waals surface area (Å²) in [4.78, 5) is 0. The lowest BCUT2D eigenvalue weighted by atomic mass is 9.90. The average molecular weight is 271 g/mol. The van der Waals surface area contributed by atoms with E-state index in [1.807, 2.05) is 6.07 Å². The van der Waals surface area contributed by atoms with E-state index in [4.69, 9.17) is 9.47 Å². The number of hydrogen-bond acceptors (Lipinski definition) is 2. The van der Waals surface area contributed by atoms with Gasteiger partial charge in [0.05, 0.1) is 0 Å². The molecule has 0 amide bonds. The van der Waals surface area contributed by atoms with Gasteiger partial charge in [0.1, 0.15) is 0 Å². The zero-order valence-corrected chi connectivity index (χ0v) is 10.6. The largest absolute Gasteiger partial charge is 0.454 e. The van der Waals surface area contributed by atoms with Gasteiger partial charge in [-0.1, -0.05) is 35.8 Å². The van der Waals surface area contributed by atoms with Crippen molar-refractivity contribution in [2.24, 2.45) is 5.92 Å². The summed E-state index contributed by atoms with van der Waals surface area (Å²) in [5, 5.41) is 0.976. The van der Waals surface area contributed by atoms with Crippen molar-refractivity contribution in [2.45, 2.75) is 19.8 Å². The van der Waals surface area contributed by atoms with Crippen LogP contribution in [-0.4, -0.2) is 12.1 Å². The van der Waals surface area contributed by atoms with Crippen LogP contribution in [0.3, 0.4) is 0 Å². The summed E-state index contributed by atoms with van der Waals surface area (Å²) in [6.45, 7) is 4.81. The van der Waals surface area contributed by atoms with Gasteiger partial charge in [-0.2, -0.15) is 0 Å². The Morgan fingerprint density at radius 3 is 2.67 bits per heavy atom. The monoisotopic (exact) mass is 270 g/mol. The molecule has 0 saturated heterocycles. The third kappa shape index (κ3) is 2.12. The standard InChI is InChI=1S/C12H15BrO2/c1-8(2)10(6-13)9-3-4-11-12(5-9)15-7-14-11/h3-5,8,10H,6-7H2,1-2H3. The Bertz CT molecular complexity index is 349. The molecule has 0 spiro atoms. The molecule has 0 aromatic heterocycles. The molecule has 0 fully saturated rings. The van der Waals surface area contributed by atoms with Crippen molar-refractivity contribution in [1.29, 1.82) is 0 Å². The van der Waals surface area contributed by atoms with Crippen molar-refractivity contribution < 1.29 is 9.47 Å². The second-order valence-corrected chi connectivity index (χ2v) is 4.76.